The Morgan fingerprint density at radius 2 is 1.95 bits per heavy atom. The first-order valence-electron chi connectivity index (χ1n) is 7.69. The van der Waals surface area contributed by atoms with Crippen LogP contribution in [-0.2, 0) is 6.54 Å². The van der Waals surface area contributed by atoms with Crippen molar-refractivity contribution in [1.29, 1.82) is 0 Å². The number of hydrogen-bond acceptors (Lipinski definition) is 4. The number of hydrogen-bond donors (Lipinski definition) is 1. The summed E-state index contributed by atoms with van der Waals surface area (Å²) in [6.45, 7) is 6.32. The summed E-state index contributed by atoms with van der Waals surface area (Å²) in [4.78, 5) is 2.50. The second-order valence-corrected chi connectivity index (χ2v) is 6.93. The van der Waals surface area contributed by atoms with Crippen molar-refractivity contribution in [1.82, 2.24) is 4.90 Å². The van der Waals surface area contributed by atoms with Crippen LogP contribution in [0.5, 0.6) is 11.5 Å². The minimum absolute atomic E-state index is 0. The zero-order valence-corrected chi connectivity index (χ0v) is 15.3. The lowest BCUT2D eigenvalue weighted by atomic mass is 9.92. The summed E-state index contributed by atoms with van der Waals surface area (Å²) in [7, 11) is 0. The van der Waals surface area contributed by atoms with E-state index in [4.69, 9.17) is 15.2 Å². The van der Waals surface area contributed by atoms with Crippen molar-refractivity contribution in [2.45, 2.75) is 32.4 Å². The molecule has 1 saturated heterocycles. The smallest absolute Gasteiger partial charge is 0.162 e. The Morgan fingerprint density at radius 1 is 1.27 bits per heavy atom. The summed E-state index contributed by atoms with van der Waals surface area (Å²) in [6.07, 6.45) is 2.44. The van der Waals surface area contributed by atoms with E-state index in [1.165, 1.54) is 18.4 Å². The summed E-state index contributed by atoms with van der Waals surface area (Å²) in [5.74, 6) is 2.46. The van der Waals surface area contributed by atoms with Gasteiger partial charge in [0.15, 0.2) is 11.5 Å². The van der Waals surface area contributed by atoms with E-state index in [1.54, 1.807) is 0 Å². The summed E-state index contributed by atoms with van der Waals surface area (Å²) < 4.78 is 12.4. The highest BCUT2D eigenvalue weighted by molar-refractivity contribution is 9.10. The van der Waals surface area contributed by atoms with Gasteiger partial charge in [-0.05, 0) is 43.0 Å². The van der Waals surface area contributed by atoms with Gasteiger partial charge in [0, 0.05) is 23.6 Å². The predicted octanol–water partition coefficient (Wildman–Crippen LogP) is 3.20. The van der Waals surface area contributed by atoms with Crippen LogP contribution in [0, 0.1) is 5.92 Å². The maximum atomic E-state index is 5.96. The molecule has 0 radical (unpaired) electrons. The first-order valence-corrected chi connectivity index (χ1v) is 8.49. The summed E-state index contributed by atoms with van der Waals surface area (Å²) in [5, 5.41) is 0. The maximum Gasteiger partial charge on any atom is 0.162 e. The summed E-state index contributed by atoms with van der Waals surface area (Å²) in [5.41, 5.74) is 7.20. The van der Waals surface area contributed by atoms with Gasteiger partial charge < -0.3 is 15.2 Å². The molecule has 0 spiro atoms. The predicted molar refractivity (Wildman–Crippen MR) is 94.0 cm³/mol. The number of nitrogens with two attached hydrogens (primary N) is 1. The molecule has 0 bridgehead atoms. The summed E-state index contributed by atoms with van der Waals surface area (Å²) in [6, 6.07) is 4.60. The Labute approximate surface area is 146 Å². The van der Waals surface area contributed by atoms with Crippen molar-refractivity contribution in [2.24, 2.45) is 11.7 Å². The highest BCUT2D eigenvalue weighted by Gasteiger charge is 2.26. The Balaban J connectivity index is 0.00000176. The quantitative estimate of drug-likeness (QED) is 0.859. The van der Waals surface area contributed by atoms with Crippen LogP contribution in [0.1, 0.15) is 25.3 Å². The standard InChI is InChI=1S/C16H23BrN2O2.ClH/c1-11-2-3-19(13(6-11)9-18)10-12-7-15-16(8-14(12)17)21-5-4-20-15;/h7-8,11,13H,2-6,9-10,18H2,1H3;1H. The molecule has 124 valence electrons. The van der Waals surface area contributed by atoms with Crippen LogP contribution in [0.15, 0.2) is 16.6 Å². The lowest BCUT2D eigenvalue weighted by molar-refractivity contribution is 0.114. The number of ether oxygens (including phenoxy) is 2. The minimum Gasteiger partial charge on any atom is -0.486 e. The first kappa shape index (κ1) is 17.9. The number of piperidine rings is 1. The van der Waals surface area contributed by atoms with Crippen molar-refractivity contribution < 1.29 is 9.47 Å². The van der Waals surface area contributed by atoms with Crippen LogP contribution in [0.2, 0.25) is 0 Å². The fourth-order valence-electron chi connectivity index (χ4n) is 3.20. The molecule has 0 aromatic heterocycles. The monoisotopic (exact) mass is 390 g/mol. The van der Waals surface area contributed by atoms with E-state index in [2.05, 4.69) is 33.8 Å². The molecular weight excluding hydrogens is 368 g/mol. The zero-order chi connectivity index (χ0) is 14.8. The number of fused-ring (bicyclic) bond motifs is 1. The summed E-state index contributed by atoms with van der Waals surface area (Å²) >= 11 is 3.66. The molecule has 0 saturated carbocycles. The maximum absolute atomic E-state index is 5.96. The van der Waals surface area contributed by atoms with Gasteiger partial charge >= 0.3 is 0 Å². The van der Waals surface area contributed by atoms with Crippen molar-refractivity contribution in [3.8, 4) is 11.5 Å². The number of rotatable bonds is 3. The van der Waals surface area contributed by atoms with Crippen LogP contribution in [0.25, 0.3) is 0 Å². The molecule has 0 amide bonds. The molecule has 2 heterocycles. The minimum atomic E-state index is 0. The van der Waals surface area contributed by atoms with Gasteiger partial charge in [0.2, 0.25) is 0 Å². The van der Waals surface area contributed by atoms with Gasteiger partial charge in [-0.15, -0.1) is 12.4 Å². The molecule has 2 aliphatic heterocycles. The van der Waals surface area contributed by atoms with Crippen molar-refractivity contribution in [3.05, 3.63) is 22.2 Å². The molecule has 2 unspecified atom stereocenters. The van der Waals surface area contributed by atoms with E-state index in [0.717, 1.165) is 41.5 Å². The van der Waals surface area contributed by atoms with Gasteiger partial charge in [-0.1, -0.05) is 22.9 Å². The van der Waals surface area contributed by atoms with E-state index >= 15 is 0 Å². The van der Waals surface area contributed by atoms with E-state index in [0.29, 0.717) is 19.3 Å². The van der Waals surface area contributed by atoms with E-state index in [9.17, 15) is 0 Å². The molecule has 6 heteroatoms. The highest BCUT2D eigenvalue weighted by Crippen LogP contribution is 2.36. The number of halogens is 2. The number of likely N-dealkylation sites (tertiary alicyclic amines) is 1. The van der Waals surface area contributed by atoms with Crippen LogP contribution in [0.4, 0.5) is 0 Å². The molecule has 22 heavy (non-hydrogen) atoms. The van der Waals surface area contributed by atoms with Crippen molar-refractivity contribution in [3.63, 3.8) is 0 Å². The molecule has 0 aliphatic carbocycles. The third-order valence-corrected chi connectivity index (χ3v) is 5.19. The average Bonchev–Trinajstić information content (AvgIpc) is 2.49. The van der Waals surface area contributed by atoms with Crippen molar-refractivity contribution >= 4 is 28.3 Å². The topological polar surface area (TPSA) is 47.7 Å². The van der Waals surface area contributed by atoms with E-state index in [-0.39, 0.29) is 12.4 Å². The molecule has 3 rings (SSSR count). The molecule has 1 aromatic carbocycles. The van der Waals surface area contributed by atoms with Crippen LogP contribution < -0.4 is 15.2 Å². The van der Waals surface area contributed by atoms with Crippen molar-refractivity contribution in [2.75, 3.05) is 26.3 Å². The SMILES string of the molecule is CC1CCN(Cc2cc3c(cc2Br)OCCO3)C(CN)C1.Cl. The first-order chi connectivity index (χ1) is 10.2. The third-order valence-electron chi connectivity index (χ3n) is 4.46. The van der Waals surface area contributed by atoms with Crippen LogP contribution in [-0.4, -0.2) is 37.2 Å². The lowest BCUT2D eigenvalue weighted by Gasteiger charge is -2.38. The highest BCUT2D eigenvalue weighted by atomic mass is 79.9. The van der Waals surface area contributed by atoms with Gasteiger partial charge in [0.25, 0.3) is 0 Å². The molecule has 2 atom stereocenters. The Morgan fingerprint density at radius 3 is 2.64 bits per heavy atom. The van der Waals surface area contributed by atoms with Gasteiger partial charge in [0.05, 0.1) is 0 Å². The van der Waals surface area contributed by atoms with E-state index in [1.807, 2.05) is 6.07 Å². The number of nitrogens with zero attached hydrogens (tertiary/aromatic N) is 1. The van der Waals surface area contributed by atoms with Gasteiger partial charge in [-0.25, -0.2) is 0 Å². The normalized spacial score (nSPS) is 24.7. The van der Waals surface area contributed by atoms with Crippen LogP contribution in [0.3, 0.4) is 0 Å². The zero-order valence-electron chi connectivity index (χ0n) is 12.9. The molecule has 2 aliphatic rings. The molecule has 2 N–H and O–H groups in total. The lowest BCUT2D eigenvalue weighted by Crippen LogP contribution is -2.45. The Kier molecular flexibility index (Phi) is 6.38. The Bertz CT molecular complexity index is 515. The molecule has 1 fully saturated rings. The second-order valence-electron chi connectivity index (χ2n) is 6.08. The van der Waals surface area contributed by atoms with Gasteiger partial charge in [-0.3, -0.25) is 4.90 Å². The largest absolute Gasteiger partial charge is 0.486 e. The fraction of sp³-hybridized carbons (Fsp3) is 0.625. The van der Waals surface area contributed by atoms with Gasteiger partial charge in [-0.2, -0.15) is 0 Å². The molecular formula is C16H24BrClN2O2. The van der Waals surface area contributed by atoms with E-state index < -0.39 is 0 Å². The Hall–Kier alpha value is -0.490. The second kappa shape index (κ2) is 7.86. The van der Waals surface area contributed by atoms with Crippen LogP contribution >= 0.6 is 28.3 Å². The third kappa shape index (κ3) is 3.88. The average molecular weight is 392 g/mol. The molecule has 1 aromatic rings. The van der Waals surface area contributed by atoms with Gasteiger partial charge in [0.1, 0.15) is 13.2 Å². The number of benzene rings is 1. The molecule has 4 nitrogen and oxygen atoms in total. The fourth-order valence-corrected chi connectivity index (χ4v) is 3.65.